The SMILES string of the molecule is CBBc1cccc(CO)c1. The van der Waals surface area contributed by atoms with E-state index in [1.807, 2.05) is 12.1 Å². The first kappa shape index (κ1) is 8.41. The van der Waals surface area contributed by atoms with Gasteiger partial charge in [-0.2, -0.15) is 0 Å². The highest BCUT2D eigenvalue weighted by Gasteiger charge is 1.94. The van der Waals surface area contributed by atoms with Gasteiger partial charge in [0.1, 0.15) is 7.17 Å². The van der Waals surface area contributed by atoms with Crippen molar-refractivity contribution in [3.8, 4) is 0 Å². The van der Waals surface area contributed by atoms with E-state index in [1.54, 1.807) is 0 Å². The van der Waals surface area contributed by atoms with Crippen LogP contribution in [0.5, 0.6) is 0 Å². The number of aliphatic hydroxyl groups is 1. The Labute approximate surface area is 68.9 Å². The lowest BCUT2D eigenvalue weighted by Gasteiger charge is -1.99. The number of hydrogen-bond acceptors (Lipinski definition) is 1. The van der Waals surface area contributed by atoms with E-state index in [2.05, 4.69) is 19.0 Å². The van der Waals surface area contributed by atoms with Crippen LogP contribution in [0.15, 0.2) is 24.3 Å². The van der Waals surface area contributed by atoms with E-state index >= 15 is 0 Å². The van der Waals surface area contributed by atoms with E-state index < -0.39 is 0 Å². The van der Waals surface area contributed by atoms with Crippen molar-refractivity contribution in [1.82, 2.24) is 0 Å². The van der Waals surface area contributed by atoms with Crippen molar-refractivity contribution >= 4 is 19.8 Å². The Balaban J connectivity index is 2.74. The van der Waals surface area contributed by atoms with E-state index in [1.165, 1.54) is 5.46 Å². The summed E-state index contributed by atoms with van der Waals surface area (Å²) in [6.45, 7) is 2.31. The lowest BCUT2D eigenvalue weighted by molar-refractivity contribution is 0.282. The van der Waals surface area contributed by atoms with Gasteiger partial charge in [0.05, 0.1) is 13.8 Å². The zero-order valence-corrected chi connectivity index (χ0v) is 6.88. The van der Waals surface area contributed by atoms with Crippen LogP contribution < -0.4 is 5.46 Å². The largest absolute Gasteiger partial charge is 0.392 e. The third-order valence-electron chi connectivity index (χ3n) is 1.71. The fourth-order valence-electron chi connectivity index (χ4n) is 1.17. The van der Waals surface area contributed by atoms with Crippen molar-refractivity contribution in [2.24, 2.45) is 0 Å². The van der Waals surface area contributed by atoms with E-state index in [9.17, 15) is 0 Å². The van der Waals surface area contributed by atoms with Gasteiger partial charge in [0.2, 0.25) is 0 Å². The monoisotopic (exact) mass is 146 g/mol. The third-order valence-corrected chi connectivity index (χ3v) is 1.71. The van der Waals surface area contributed by atoms with Gasteiger partial charge in [-0.3, -0.25) is 0 Å². The average molecular weight is 146 g/mol. The molecule has 0 heterocycles. The zero-order valence-electron chi connectivity index (χ0n) is 6.88. The smallest absolute Gasteiger partial charge is 0.123 e. The predicted octanol–water partition coefficient (Wildman–Crippen LogP) is -0.360. The first-order valence-corrected chi connectivity index (χ1v) is 4.05. The average Bonchev–Trinajstić information content (AvgIpc) is 2.06. The van der Waals surface area contributed by atoms with Crippen LogP contribution in [-0.4, -0.2) is 19.4 Å². The van der Waals surface area contributed by atoms with Gasteiger partial charge in [-0.05, 0) is 5.56 Å². The highest BCUT2D eigenvalue weighted by atomic mass is 16.3. The maximum atomic E-state index is 8.83. The summed E-state index contributed by atoms with van der Waals surface area (Å²) >= 11 is 0. The van der Waals surface area contributed by atoms with Crippen molar-refractivity contribution in [3.05, 3.63) is 29.8 Å². The summed E-state index contributed by atoms with van der Waals surface area (Å²) in [5.74, 6) is 0. The molecule has 0 bridgehead atoms. The number of benzene rings is 1. The van der Waals surface area contributed by atoms with Crippen LogP contribution in [-0.2, 0) is 6.61 Å². The molecule has 1 rings (SSSR count). The molecule has 0 spiro atoms. The molecule has 0 fully saturated rings. The molecule has 11 heavy (non-hydrogen) atoms. The molecule has 0 radical (unpaired) electrons. The minimum Gasteiger partial charge on any atom is -0.392 e. The Hall–Kier alpha value is -0.690. The topological polar surface area (TPSA) is 20.2 Å². The highest BCUT2D eigenvalue weighted by molar-refractivity contribution is 7.06. The minimum atomic E-state index is 0.150. The molecule has 1 N–H and O–H groups in total. The van der Waals surface area contributed by atoms with Crippen molar-refractivity contribution in [3.63, 3.8) is 0 Å². The summed E-state index contributed by atoms with van der Waals surface area (Å²) in [4.78, 5) is 0. The van der Waals surface area contributed by atoms with Gasteiger partial charge in [0, 0.05) is 0 Å². The fraction of sp³-hybridized carbons (Fsp3) is 0.250. The maximum absolute atomic E-state index is 8.83. The molecule has 0 atom stereocenters. The molecule has 56 valence electrons. The van der Waals surface area contributed by atoms with Crippen LogP contribution in [0.4, 0.5) is 0 Å². The van der Waals surface area contributed by atoms with Crippen molar-refractivity contribution < 1.29 is 5.11 Å². The third kappa shape index (κ3) is 2.43. The van der Waals surface area contributed by atoms with Gasteiger partial charge in [0.15, 0.2) is 0 Å². The minimum absolute atomic E-state index is 0.150. The summed E-state index contributed by atoms with van der Waals surface area (Å²) in [5, 5.41) is 8.83. The predicted molar refractivity (Wildman–Crippen MR) is 52.2 cm³/mol. The molecule has 0 aromatic heterocycles. The second-order valence-electron chi connectivity index (χ2n) is 2.73. The van der Waals surface area contributed by atoms with Gasteiger partial charge in [-0.15, -0.1) is 0 Å². The van der Waals surface area contributed by atoms with Gasteiger partial charge in [-0.1, -0.05) is 36.6 Å². The quantitative estimate of drug-likeness (QED) is 0.577. The van der Waals surface area contributed by atoms with Crippen molar-refractivity contribution in [1.29, 1.82) is 0 Å². The molecule has 1 aromatic carbocycles. The van der Waals surface area contributed by atoms with Crippen molar-refractivity contribution in [2.75, 3.05) is 0 Å². The van der Waals surface area contributed by atoms with Crippen LogP contribution in [0.3, 0.4) is 0 Å². The molecule has 0 aliphatic heterocycles. The standard InChI is InChI=1S/C8H12B2O/c1-9-10-8-4-2-3-7(5-8)6-11/h2-5,9-11H,6H2,1H3. The molecule has 0 unspecified atom stereocenters. The number of rotatable bonds is 3. The summed E-state index contributed by atoms with van der Waals surface area (Å²) in [6.07, 6.45) is 0. The molecule has 0 aliphatic rings. The number of hydrogen-bond donors (Lipinski definition) is 1. The molecule has 0 saturated heterocycles. The van der Waals surface area contributed by atoms with E-state index in [-0.39, 0.29) is 6.61 Å². The van der Waals surface area contributed by atoms with E-state index in [0.29, 0.717) is 0 Å². The highest BCUT2D eigenvalue weighted by Crippen LogP contribution is 1.94. The summed E-state index contributed by atoms with van der Waals surface area (Å²) < 4.78 is 0. The summed E-state index contributed by atoms with van der Waals surface area (Å²) in [5.41, 5.74) is 2.33. The summed E-state index contributed by atoms with van der Waals surface area (Å²) in [7, 11) is 2.27. The summed E-state index contributed by atoms with van der Waals surface area (Å²) in [6, 6.07) is 8.10. The molecule has 1 nitrogen and oxygen atoms in total. The fourth-order valence-corrected chi connectivity index (χ4v) is 1.17. The Morgan fingerprint density at radius 1 is 1.45 bits per heavy atom. The molecule has 1 aromatic rings. The first-order chi connectivity index (χ1) is 5.36. The second-order valence-corrected chi connectivity index (χ2v) is 2.73. The van der Waals surface area contributed by atoms with Crippen LogP contribution in [0, 0.1) is 0 Å². The Kier molecular flexibility index (Phi) is 3.24. The lowest BCUT2D eigenvalue weighted by atomic mass is 9.38. The molecule has 0 amide bonds. The molecule has 0 aliphatic carbocycles. The van der Waals surface area contributed by atoms with E-state index in [4.69, 9.17) is 5.11 Å². The van der Waals surface area contributed by atoms with Gasteiger partial charge in [0.25, 0.3) is 0 Å². The van der Waals surface area contributed by atoms with Crippen LogP contribution in [0.2, 0.25) is 6.82 Å². The molecular weight excluding hydrogens is 134 g/mol. The first-order valence-electron chi connectivity index (χ1n) is 4.05. The zero-order chi connectivity index (χ0) is 8.10. The normalized spacial score (nSPS) is 9.27. The maximum Gasteiger partial charge on any atom is 0.123 e. The second kappa shape index (κ2) is 4.24. The Morgan fingerprint density at radius 2 is 2.27 bits per heavy atom. The van der Waals surface area contributed by atoms with E-state index in [0.717, 1.165) is 19.9 Å². The molecular formula is C8H12B2O. The Bertz CT molecular complexity index is 225. The van der Waals surface area contributed by atoms with Crippen LogP contribution >= 0.6 is 0 Å². The lowest BCUT2D eigenvalue weighted by Crippen LogP contribution is -2.18. The molecule has 0 saturated carbocycles. The number of aliphatic hydroxyl groups excluding tert-OH is 1. The van der Waals surface area contributed by atoms with Crippen LogP contribution in [0.1, 0.15) is 5.56 Å². The van der Waals surface area contributed by atoms with Gasteiger partial charge in [-0.25, -0.2) is 0 Å². The van der Waals surface area contributed by atoms with Gasteiger partial charge >= 0.3 is 0 Å². The van der Waals surface area contributed by atoms with Crippen LogP contribution in [0.25, 0.3) is 0 Å². The van der Waals surface area contributed by atoms with Crippen molar-refractivity contribution in [2.45, 2.75) is 13.4 Å². The molecule has 3 heteroatoms. The van der Waals surface area contributed by atoms with Gasteiger partial charge < -0.3 is 5.11 Å². The Morgan fingerprint density at radius 3 is 2.91 bits per heavy atom.